The molecule has 2 heterocycles. The van der Waals surface area contributed by atoms with Crippen LogP contribution in [0, 0.1) is 6.92 Å². The molecule has 2 nitrogen and oxygen atoms in total. The van der Waals surface area contributed by atoms with Crippen molar-refractivity contribution < 1.29 is 0 Å². The highest BCUT2D eigenvalue weighted by Crippen LogP contribution is 2.34. The van der Waals surface area contributed by atoms with E-state index in [1.807, 2.05) is 19.3 Å². The van der Waals surface area contributed by atoms with Gasteiger partial charge in [0, 0.05) is 16.5 Å². The molecule has 0 aliphatic carbocycles. The van der Waals surface area contributed by atoms with Crippen molar-refractivity contribution in [3.8, 4) is 0 Å². The molecule has 0 fully saturated rings. The fraction of sp³-hybridized carbons (Fsp3) is 0.188. The van der Waals surface area contributed by atoms with E-state index in [0.717, 1.165) is 5.52 Å². The van der Waals surface area contributed by atoms with E-state index in [1.54, 1.807) is 11.3 Å². The number of pyridine rings is 1. The smallest absolute Gasteiger partial charge is 0.0731 e. The molecule has 0 saturated carbocycles. The number of nitrogens with zero attached hydrogens (tertiary/aromatic N) is 1. The van der Waals surface area contributed by atoms with Crippen LogP contribution in [0.4, 0.5) is 0 Å². The Labute approximate surface area is 131 Å². The normalized spacial score (nSPS) is 12.8. The zero-order valence-corrected chi connectivity index (χ0v) is 13.8. The van der Waals surface area contributed by atoms with Gasteiger partial charge < -0.3 is 5.32 Å². The van der Waals surface area contributed by atoms with Gasteiger partial charge in [0.15, 0.2) is 0 Å². The second-order valence-electron chi connectivity index (χ2n) is 4.78. The molecule has 0 aliphatic heterocycles. The maximum absolute atomic E-state index is 4.44. The number of aromatic nitrogens is 1. The minimum Gasteiger partial charge on any atom is -0.309 e. The molecule has 1 N–H and O–H groups in total. The summed E-state index contributed by atoms with van der Waals surface area (Å²) in [5.74, 6) is 0. The molecule has 0 bridgehead atoms. The molecule has 20 heavy (non-hydrogen) atoms. The van der Waals surface area contributed by atoms with Crippen molar-refractivity contribution in [2.75, 3.05) is 7.05 Å². The van der Waals surface area contributed by atoms with Crippen molar-refractivity contribution in [2.24, 2.45) is 0 Å². The maximum atomic E-state index is 4.44. The fourth-order valence-corrected chi connectivity index (χ4v) is 4.07. The zero-order chi connectivity index (χ0) is 14.1. The monoisotopic (exact) mass is 346 g/mol. The average molecular weight is 347 g/mol. The SMILES string of the molecule is CNC(c1ccc2cccnc2c1)c1cc(C)c(Br)s1. The molecular weight excluding hydrogens is 332 g/mol. The molecule has 3 rings (SSSR count). The molecule has 0 saturated heterocycles. The van der Waals surface area contributed by atoms with Crippen LogP contribution in [0.25, 0.3) is 10.9 Å². The van der Waals surface area contributed by atoms with Crippen molar-refractivity contribution in [3.63, 3.8) is 0 Å². The third-order valence-corrected chi connectivity index (χ3v) is 5.61. The van der Waals surface area contributed by atoms with Crippen molar-refractivity contribution in [1.82, 2.24) is 10.3 Å². The summed E-state index contributed by atoms with van der Waals surface area (Å²) in [4.78, 5) is 5.75. The van der Waals surface area contributed by atoms with Crippen molar-refractivity contribution in [3.05, 3.63) is 62.4 Å². The first-order chi connectivity index (χ1) is 9.69. The highest BCUT2D eigenvalue weighted by molar-refractivity contribution is 9.11. The summed E-state index contributed by atoms with van der Waals surface area (Å²) in [5.41, 5.74) is 3.56. The van der Waals surface area contributed by atoms with Crippen LogP contribution in [-0.4, -0.2) is 12.0 Å². The van der Waals surface area contributed by atoms with Gasteiger partial charge in [-0.1, -0.05) is 18.2 Å². The van der Waals surface area contributed by atoms with Gasteiger partial charge in [-0.3, -0.25) is 4.98 Å². The van der Waals surface area contributed by atoms with Gasteiger partial charge in [0.2, 0.25) is 0 Å². The number of nitrogens with one attached hydrogen (secondary N) is 1. The predicted molar refractivity (Wildman–Crippen MR) is 89.4 cm³/mol. The van der Waals surface area contributed by atoms with Gasteiger partial charge in [0.25, 0.3) is 0 Å². The minimum atomic E-state index is 0.205. The Morgan fingerprint density at radius 3 is 2.80 bits per heavy atom. The highest BCUT2D eigenvalue weighted by atomic mass is 79.9. The van der Waals surface area contributed by atoms with Crippen LogP contribution in [0.2, 0.25) is 0 Å². The van der Waals surface area contributed by atoms with Gasteiger partial charge in [0.1, 0.15) is 0 Å². The summed E-state index contributed by atoms with van der Waals surface area (Å²) in [7, 11) is 2.00. The molecule has 3 aromatic rings. The molecule has 1 atom stereocenters. The lowest BCUT2D eigenvalue weighted by Gasteiger charge is -2.15. The second-order valence-corrected chi connectivity index (χ2v) is 7.18. The minimum absolute atomic E-state index is 0.205. The van der Waals surface area contributed by atoms with Crippen molar-refractivity contribution in [2.45, 2.75) is 13.0 Å². The molecule has 1 unspecified atom stereocenters. The third-order valence-electron chi connectivity index (χ3n) is 3.41. The predicted octanol–water partition coefficient (Wildman–Crippen LogP) is 4.68. The van der Waals surface area contributed by atoms with Crippen LogP contribution in [0.1, 0.15) is 22.0 Å². The molecule has 4 heteroatoms. The first-order valence-electron chi connectivity index (χ1n) is 6.47. The highest BCUT2D eigenvalue weighted by Gasteiger charge is 2.16. The van der Waals surface area contributed by atoms with Crippen LogP contribution in [0.3, 0.4) is 0 Å². The standard InChI is InChI=1S/C16H15BrN2S/c1-10-8-14(20-16(10)17)15(18-2)12-6-5-11-4-3-7-19-13(11)9-12/h3-9,15,18H,1-2H3. The number of thiophene rings is 1. The number of aryl methyl sites for hydroxylation is 1. The van der Waals surface area contributed by atoms with Gasteiger partial charge in [0.05, 0.1) is 15.3 Å². The lowest BCUT2D eigenvalue weighted by molar-refractivity contribution is 0.704. The number of benzene rings is 1. The third kappa shape index (κ3) is 2.51. The van der Waals surface area contributed by atoms with Gasteiger partial charge in [-0.25, -0.2) is 0 Å². The van der Waals surface area contributed by atoms with E-state index < -0.39 is 0 Å². The van der Waals surface area contributed by atoms with Gasteiger partial charge >= 0.3 is 0 Å². The van der Waals surface area contributed by atoms with Gasteiger partial charge in [-0.15, -0.1) is 11.3 Å². The number of hydrogen-bond donors (Lipinski definition) is 1. The Morgan fingerprint density at radius 1 is 1.25 bits per heavy atom. The molecular formula is C16H15BrN2S. The average Bonchev–Trinajstić information content (AvgIpc) is 2.79. The summed E-state index contributed by atoms with van der Waals surface area (Å²) in [6.07, 6.45) is 1.84. The van der Waals surface area contributed by atoms with E-state index in [1.165, 1.54) is 25.2 Å². The number of hydrogen-bond acceptors (Lipinski definition) is 3. The van der Waals surface area contributed by atoms with Crippen LogP contribution in [0.5, 0.6) is 0 Å². The number of halogens is 1. The molecule has 0 amide bonds. The van der Waals surface area contributed by atoms with Gasteiger partial charge in [-0.2, -0.15) is 0 Å². The zero-order valence-electron chi connectivity index (χ0n) is 11.4. The summed E-state index contributed by atoms with van der Waals surface area (Å²) < 4.78 is 1.20. The largest absolute Gasteiger partial charge is 0.309 e. The van der Waals surface area contributed by atoms with E-state index in [9.17, 15) is 0 Å². The van der Waals surface area contributed by atoms with Crippen molar-refractivity contribution >= 4 is 38.2 Å². The number of rotatable bonds is 3. The quantitative estimate of drug-likeness (QED) is 0.744. The summed E-state index contributed by atoms with van der Waals surface area (Å²) in [5, 5.41) is 4.58. The number of fused-ring (bicyclic) bond motifs is 1. The fourth-order valence-electron chi connectivity index (χ4n) is 2.36. The summed E-state index contributed by atoms with van der Waals surface area (Å²) in [6, 6.07) is 13.0. The Kier molecular flexibility index (Phi) is 3.87. The second kappa shape index (κ2) is 5.64. The van der Waals surface area contributed by atoms with E-state index in [2.05, 4.69) is 63.5 Å². The molecule has 102 valence electrons. The Morgan fingerprint density at radius 2 is 2.10 bits per heavy atom. The van der Waals surface area contributed by atoms with Gasteiger partial charge in [-0.05, 0) is 59.2 Å². The van der Waals surface area contributed by atoms with Crippen LogP contribution < -0.4 is 5.32 Å². The van der Waals surface area contributed by atoms with E-state index >= 15 is 0 Å². The molecule has 0 radical (unpaired) electrons. The molecule has 0 aliphatic rings. The van der Waals surface area contributed by atoms with E-state index in [4.69, 9.17) is 0 Å². The van der Waals surface area contributed by atoms with Crippen molar-refractivity contribution in [1.29, 1.82) is 0 Å². The Hall–Kier alpha value is -1.23. The van der Waals surface area contributed by atoms with Crippen LogP contribution >= 0.6 is 27.3 Å². The lowest BCUT2D eigenvalue weighted by Crippen LogP contribution is -2.16. The summed E-state index contributed by atoms with van der Waals surface area (Å²) in [6.45, 7) is 2.12. The van der Waals surface area contributed by atoms with E-state index in [0.29, 0.717) is 0 Å². The molecule has 0 spiro atoms. The van der Waals surface area contributed by atoms with Crippen LogP contribution in [-0.2, 0) is 0 Å². The molecule has 2 aromatic heterocycles. The Balaban J connectivity index is 2.06. The first kappa shape index (κ1) is 13.7. The lowest BCUT2D eigenvalue weighted by atomic mass is 10.0. The van der Waals surface area contributed by atoms with E-state index in [-0.39, 0.29) is 6.04 Å². The Bertz CT molecular complexity index is 732. The summed E-state index contributed by atoms with van der Waals surface area (Å²) >= 11 is 5.39. The maximum Gasteiger partial charge on any atom is 0.0731 e. The van der Waals surface area contributed by atoms with Crippen LogP contribution in [0.15, 0.2) is 46.4 Å². The topological polar surface area (TPSA) is 24.9 Å². The molecule has 1 aromatic carbocycles. The first-order valence-corrected chi connectivity index (χ1v) is 8.08.